The third-order valence-corrected chi connectivity index (χ3v) is 3.33. The summed E-state index contributed by atoms with van der Waals surface area (Å²) in [6, 6.07) is 20.2. The molecule has 0 bridgehead atoms. The highest BCUT2D eigenvalue weighted by atomic mass is 16.5. The first-order valence-electron chi connectivity index (χ1n) is 6.22. The van der Waals surface area contributed by atoms with Crippen molar-refractivity contribution < 1.29 is 4.74 Å². The monoisotopic (exact) mass is 249 g/mol. The lowest BCUT2D eigenvalue weighted by Gasteiger charge is -2.12. The zero-order valence-electron chi connectivity index (χ0n) is 10.8. The van der Waals surface area contributed by atoms with Gasteiger partial charge in [-0.15, -0.1) is 0 Å². The van der Waals surface area contributed by atoms with Gasteiger partial charge in [0.2, 0.25) is 0 Å². The smallest absolute Gasteiger partial charge is 0.126 e. The maximum atomic E-state index is 6.15. The Balaban J connectivity index is 2.37. The van der Waals surface area contributed by atoms with Crippen molar-refractivity contribution in [2.24, 2.45) is 0 Å². The van der Waals surface area contributed by atoms with Crippen molar-refractivity contribution in [2.75, 3.05) is 12.8 Å². The number of rotatable bonds is 2. The van der Waals surface area contributed by atoms with Gasteiger partial charge in [-0.2, -0.15) is 0 Å². The normalized spacial score (nSPS) is 10.6. The fourth-order valence-corrected chi connectivity index (χ4v) is 2.46. The zero-order chi connectivity index (χ0) is 13.2. The van der Waals surface area contributed by atoms with Crippen LogP contribution in [0.2, 0.25) is 0 Å². The van der Waals surface area contributed by atoms with E-state index in [0.29, 0.717) is 0 Å². The van der Waals surface area contributed by atoms with E-state index in [0.717, 1.165) is 33.3 Å². The second-order valence-corrected chi connectivity index (χ2v) is 4.45. The van der Waals surface area contributed by atoms with Crippen molar-refractivity contribution >= 4 is 16.5 Å². The van der Waals surface area contributed by atoms with E-state index in [2.05, 4.69) is 24.3 Å². The van der Waals surface area contributed by atoms with Gasteiger partial charge < -0.3 is 10.5 Å². The number of methoxy groups -OCH3 is 1. The van der Waals surface area contributed by atoms with E-state index in [9.17, 15) is 0 Å². The fraction of sp³-hybridized carbons (Fsp3) is 0.0588. The van der Waals surface area contributed by atoms with Crippen molar-refractivity contribution in [2.45, 2.75) is 0 Å². The summed E-state index contributed by atoms with van der Waals surface area (Å²) < 4.78 is 5.45. The molecule has 0 aliphatic rings. The molecule has 19 heavy (non-hydrogen) atoms. The molecule has 0 fully saturated rings. The van der Waals surface area contributed by atoms with Crippen LogP contribution in [0, 0.1) is 0 Å². The Labute approximate surface area is 112 Å². The van der Waals surface area contributed by atoms with Crippen LogP contribution in [0.4, 0.5) is 5.69 Å². The van der Waals surface area contributed by atoms with Crippen LogP contribution in [0.3, 0.4) is 0 Å². The van der Waals surface area contributed by atoms with Gasteiger partial charge in [-0.25, -0.2) is 0 Å². The molecule has 2 nitrogen and oxygen atoms in total. The van der Waals surface area contributed by atoms with E-state index in [1.807, 2.05) is 36.4 Å². The summed E-state index contributed by atoms with van der Waals surface area (Å²) in [6.45, 7) is 0. The summed E-state index contributed by atoms with van der Waals surface area (Å²) in [7, 11) is 1.69. The molecule has 0 saturated heterocycles. The van der Waals surface area contributed by atoms with Crippen molar-refractivity contribution in [3.63, 3.8) is 0 Å². The molecule has 0 aromatic heterocycles. The summed E-state index contributed by atoms with van der Waals surface area (Å²) in [5, 5.41) is 2.22. The quantitative estimate of drug-likeness (QED) is 0.694. The Kier molecular flexibility index (Phi) is 2.84. The fourth-order valence-electron chi connectivity index (χ4n) is 2.46. The molecular formula is C17H15NO. The van der Waals surface area contributed by atoms with Gasteiger partial charge in [0.15, 0.2) is 0 Å². The number of benzene rings is 3. The van der Waals surface area contributed by atoms with E-state index in [-0.39, 0.29) is 0 Å². The largest absolute Gasteiger partial charge is 0.496 e. The molecule has 0 spiro atoms. The van der Waals surface area contributed by atoms with Crippen molar-refractivity contribution in [1.29, 1.82) is 0 Å². The van der Waals surface area contributed by atoms with Crippen LogP contribution < -0.4 is 10.5 Å². The van der Waals surface area contributed by atoms with E-state index in [1.165, 1.54) is 0 Å². The molecule has 0 amide bonds. The first-order valence-corrected chi connectivity index (χ1v) is 6.22. The Bertz CT molecular complexity index is 729. The van der Waals surface area contributed by atoms with E-state index in [4.69, 9.17) is 10.5 Å². The minimum Gasteiger partial charge on any atom is -0.496 e. The van der Waals surface area contributed by atoms with Crippen molar-refractivity contribution in [1.82, 2.24) is 0 Å². The van der Waals surface area contributed by atoms with Gasteiger partial charge in [-0.05, 0) is 23.1 Å². The number of fused-ring (bicyclic) bond motifs is 1. The second kappa shape index (κ2) is 4.65. The average Bonchev–Trinajstić information content (AvgIpc) is 2.47. The Morgan fingerprint density at radius 3 is 2.26 bits per heavy atom. The lowest BCUT2D eigenvalue weighted by atomic mass is 9.96. The predicted octanol–water partition coefficient (Wildman–Crippen LogP) is 4.10. The highest BCUT2D eigenvalue weighted by Crippen LogP contribution is 2.37. The minimum absolute atomic E-state index is 0.791. The predicted molar refractivity (Wildman–Crippen MR) is 80.3 cm³/mol. The van der Waals surface area contributed by atoms with Crippen LogP contribution >= 0.6 is 0 Å². The van der Waals surface area contributed by atoms with E-state index in [1.54, 1.807) is 7.11 Å². The van der Waals surface area contributed by atoms with Crippen molar-refractivity contribution in [3.05, 3.63) is 60.7 Å². The molecule has 3 aromatic rings. The highest BCUT2D eigenvalue weighted by Gasteiger charge is 2.10. The van der Waals surface area contributed by atoms with Crippen LogP contribution in [0.25, 0.3) is 21.9 Å². The summed E-state index contributed by atoms with van der Waals surface area (Å²) >= 11 is 0. The Hall–Kier alpha value is -2.48. The molecular weight excluding hydrogens is 234 g/mol. The lowest BCUT2D eigenvalue weighted by molar-refractivity contribution is 0.416. The van der Waals surface area contributed by atoms with Gasteiger partial charge in [-0.1, -0.05) is 48.5 Å². The molecule has 2 N–H and O–H groups in total. The molecule has 3 aromatic carbocycles. The molecule has 0 atom stereocenters. The molecule has 0 aliphatic heterocycles. The topological polar surface area (TPSA) is 35.2 Å². The Morgan fingerprint density at radius 1 is 0.789 bits per heavy atom. The number of para-hydroxylation sites is 1. The van der Waals surface area contributed by atoms with Crippen LogP contribution in [0.15, 0.2) is 60.7 Å². The SMILES string of the molecule is COc1ccccc1-c1cccc2cccc(N)c12. The molecule has 94 valence electrons. The molecule has 3 rings (SSSR count). The first kappa shape index (κ1) is 11.6. The van der Waals surface area contributed by atoms with Crippen LogP contribution in [-0.2, 0) is 0 Å². The number of nitrogen functional groups attached to an aromatic ring is 1. The zero-order valence-corrected chi connectivity index (χ0v) is 10.8. The van der Waals surface area contributed by atoms with Crippen molar-refractivity contribution in [3.8, 4) is 16.9 Å². The number of hydrogen-bond donors (Lipinski definition) is 1. The first-order chi connectivity index (χ1) is 9.31. The molecule has 0 aliphatic carbocycles. The van der Waals surface area contributed by atoms with Crippen LogP contribution in [0.5, 0.6) is 5.75 Å². The van der Waals surface area contributed by atoms with Gasteiger partial charge in [-0.3, -0.25) is 0 Å². The third-order valence-electron chi connectivity index (χ3n) is 3.33. The van der Waals surface area contributed by atoms with Gasteiger partial charge in [0.1, 0.15) is 5.75 Å². The number of anilines is 1. The van der Waals surface area contributed by atoms with Gasteiger partial charge in [0.25, 0.3) is 0 Å². The lowest BCUT2D eigenvalue weighted by Crippen LogP contribution is -1.92. The molecule has 2 heteroatoms. The molecule has 0 heterocycles. The number of nitrogens with two attached hydrogens (primary N) is 1. The minimum atomic E-state index is 0.791. The summed E-state index contributed by atoms with van der Waals surface area (Å²) in [5.41, 5.74) is 9.10. The standard InChI is InChI=1S/C17H15NO/c1-19-16-11-3-2-8-13(16)14-9-4-6-12-7-5-10-15(18)17(12)14/h2-11H,18H2,1H3. The van der Waals surface area contributed by atoms with E-state index >= 15 is 0 Å². The van der Waals surface area contributed by atoms with Gasteiger partial charge >= 0.3 is 0 Å². The third kappa shape index (κ3) is 1.91. The molecule has 0 saturated carbocycles. The number of ether oxygens (including phenoxy) is 1. The molecule has 0 radical (unpaired) electrons. The Morgan fingerprint density at radius 2 is 1.47 bits per heavy atom. The summed E-state index contributed by atoms with van der Waals surface area (Å²) in [5.74, 6) is 0.859. The van der Waals surface area contributed by atoms with E-state index < -0.39 is 0 Å². The number of hydrogen-bond acceptors (Lipinski definition) is 2. The van der Waals surface area contributed by atoms with Crippen LogP contribution in [0.1, 0.15) is 0 Å². The summed E-state index contributed by atoms with van der Waals surface area (Å²) in [6.07, 6.45) is 0. The van der Waals surface area contributed by atoms with Gasteiger partial charge in [0, 0.05) is 16.6 Å². The van der Waals surface area contributed by atoms with Crippen LogP contribution in [-0.4, -0.2) is 7.11 Å². The maximum Gasteiger partial charge on any atom is 0.126 e. The molecule has 0 unspecified atom stereocenters. The highest BCUT2D eigenvalue weighted by molar-refractivity contribution is 6.04. The second-order valence-electron chi connectivity index (χ2n) is 4.45. The summed E-state index contributed by atoms with van der Waals surface area (Å²) in [4.78, 5) is 0. The maximum absolute atomic E-state index is 6.15. The van der Waals surface area contributed by atoms with Gasteiger partial charge in [0.05, 0.1) is 7.11 Å². The average molecular weight is 249 g/mol.